The SMILES string of the molecule is Cc1ccc(NC(=O)c2cccc(N)n2)cc1F. The molecule has 0 aliphatic heterocycles. The standard InChI is InChI=1S/C13H12FN3O/c1-8-5-6-9(7-10(8)14)16-13(18)11-3-2-4-12(15)17-11/h2-7H,1H3,(H2,15,17)(H,16,18). The van der Waals surface area contributed by atoms with Crippen LogP contribution >= 0.6 is 0 Å². The predicted octanol–water partition coefficient (Wildman–Crippen LogP) is 2.36. The molecule has 92 valence electrons. The summed E-state index contributed by atoms with van der Waals surface area (Å²) >= 11 is 0. The maximum Gasteiger partial charge on any atom is 0.274 e. The van der Waals surface area contributed by atoms with Crippen molar-refractivity contribution in [1.82, 2.24) is 4.98 Å². The summed E-state index contributed by atoms with van der Waals surface area (Å²) < 4.78 is 13.3. The van der Waals surface area contributed by atoms with Crippen LogP contribution in [0.4, 0.5) is 15.9 Å². The minimum Gasteiger partial charge on any atom is -0.384 e. The number of carbonyl (C=O) groups excluding carboxylic acids is 1. The molecular formula is C13H12FN3O. The molecule has 3 N–H and O–H groups in total. The van der Waals surface area contributed by atoms with Crippen molar-refractivity contribution in [3.05, 3.63) is 53.5 Å². The van der Waals surface area contributed by atoms with E-state index >= 15 is 0 Å². The van der Waals surface area contributed by atoms with Gasteiger partial charge in [-0.1, -0.05) is 12.1 Å². The lowest BCUT2D eigenvalue weighted by atomic mass is 10.2. The van der Waals surface area contributed by atoms with Crippen LogP contribution in [0.2, 0.25) is 0 Å². The van der Waals surface area contributed by atoms with Crippen molar-refractivity contribution in [1.29, 1.82) is 0 Å². The first kappa shape index (κ1) is 12.0. The molecule has 0 radical (unpaired) electrons. The molecule has 1 amide bonds. The van der Waals surface area contributed by atoms with E-state index in [9.17, 15) is 9.18 Å². The molecule has 2 rings (SSSR count). The molecule has 5 heteroatoms. The summed E-state index contributed by atoms with van der Waals surface area (Å²) in [4.78, 5) is 15.7. The Morgan fingerprint density at radius 3 is 2.78 bits per heavy atom. The van der Waals surface area contributed by atoms with Gasteiger partial charge in [-0.2, -0.15) is 0 Å². The average molecular weight is 245 g/mol. The van der Waals surface area contributed by atoms with Gasteiger partial charge in [-0.3, -0.25) is 4.79 Å². The first-order valence-electron chi connectivity index (χ1n) is 5.36. The molecule has 0 unspecified atom stereocenters. The molecule has 1 aromatic carbocycles. The van der Waals surface area contributed by atoms with Crippen LogP contribution in [0.25, 0.3) is 0 Å². The van der Waals surface area contributed by atoms with Crippen LogP contribution in [0.15, 0.2) is 36.4 Å². The topological polar surface area (TPSA) is 68.0 Å². The van der Waals surface area contributed by atoms with Gasteiger partial charge in [-0.05, 0) is 36.8 Å². The van der Waals surface area contributed by atoms with E-state index in [4.69, 9.17) is 5.73 Å². The lowest BCUT2D eigenvalue weighted by Crippen LogP contribution is -2.14. The second-order valence-corrected chi connectivity index (χ2v) is 3.87. The van der Waals surface area contributed by atoms with E-state index in [0.717, 1.165) is 0 Å². The van der Waals surface area contributed by atoms with Gasteiger partial charge in [0.15, 0.2) is 0 Å². The number of nitrogens with two attached hydrogens (primary N) is 1. The second kappa shape index (κ2) is 4.83. The van der Waals surface area contributed by atoms with Crippen LogP contribution in [0.5, 0.6) is 0 Å². The Bertz CT molecular complexity index is 599. The van der Waals surface area contributed by atoms with Crippen molar-refractivity contribution in [2.24, 2.45) is 0 Å². The zero-order valence-electron chi connectivity index (χ0n) is 9.77. The number of nitrogens with zero attached hydrogens (tertiary/aromatic N) is 1. The molecule has 18 heavy (non-hydrogen) atoms. The summed E-state index contributed by atoms with van der Waals surface area (Å²) in [6.45, 7) is 1.65. The van der Waals surface area contributed by atoms with Crippen molar-refractivity contribution in [2.45, 2.75) is 6.92 Å². The summed E-state index contributed by atoms with van der Waals surface area (Å²) in [5.41, 5.74) is 6.58. The lowest BCUT2D eigenvalue weighted by Gasteiger charge is -2.06. The number of hydrogen-bond acceptors (Lipinski definition) is 3. The van der Waals surface area contributed by atoms with Gasteiger partial charge in [-0.15, -0.1) is 0 Å². The minimum atomic E-state index is -0.425. The van der Waals surface area contributed by atoms with E-state index < -0.39 is 5.91 Å². The number of anilines is 2. The zero-order chi connectivity index (χ0) is 13.1. The molecule has 0 bridgehead atoms. The Labute approximate surface area is 104 Å². The van der Waals surface area contributed by atoms with Crippen molar-refractivity contribution in [3.63, 3.8) is 0 Å². The Morgan fingerprint density at radius 2 is 2.11 bits per heavy atom. The van der Waals surface area contributed by atoms with Gasteiger partial charge in [0.2, 0.25) is 0 Å². The molecule has 1 heterocycles. The van der Waals surface area contributed by atoms with Gasteiger partial charge in [-0.25, -0.2) is 9.37 Å². The fourth-order valence-corrected chi connectivity index (χ4v) is 1.44. The summed E-state index contributed by atoms with van der Waals surface area (Å²) in [5.74, 6) is -0.531. The van der Waals surface area contributed by atoms with Gasteiger partial charge in [0.1, 0.15) is 17.3 Å². The number of amides is 1. The monoisotopic (exact) mass is 245 g/mol. The Morgan fingerprint density at radius 1 is 1.33 bits per heavy atom. The fraction of sp³-hybridized carbons (Fsp3) is 0.0769. The Hall–Kier alpha value is -2.43. The number of aromatic nitrogens is 1. The van der Waals surface area contributed by atoms with E-state index in [0.29, 0.717) is 11.3 Å². The van der Waals surface area contributed by atoms with Gasteiger partial charge >= 0.3 is 0 Å². The smallest absolute Gasteiger partial charge is 0.274 e. The summed E-state index contributed by atoms with van der Waals surface area (Å²) in [6.07, 6.45) is 0. The highest BCUT2D eigenvalue weighted by molar-refractivity contribution is 6.03. The van der Waals surface area contributed by atoms with Crippen molar-refractivity contribution >= 4 is 17.4 Å². The van der Waals surface area contributed by atoms with Gasteiger partial charge in [0.25, 0.3) is 5.91 Å². The van der Waals surface area contributed by atoms with Crippen molar-refractivity contribution < 1.29 is 9.18 Å². The highest BCUT2D eigenvalue weighted by atomic mass is 19.1. The Kier molecular flexibility index (Phi) is 3.23. The van der Waals surface area contributed by atoms with Crippen LogP contribution < -0.4 is 11.1 Å². The Balaban J connectivity index is 2.18. The van der Waals surface area contributed by atoms with E-state index in [1.54, 1.807) is 31.2 Å². The fourth-order valence-electron chi connectivity index (χ4n) is 1.44. The quantitative estimate of drug-likeness (QED) is 0.853. The van der Waals surface area contributed by atoms with E-state index in [2.05, 4.69) is 10.3 Å². The second-order valence-electron chi connectivity index (χ2n) is 3.87. The zero-order valence-corrected chi connectivity index (χ0v) is 9.77. The number of nitrogens with one attached hydrogen (secondary N) is 1. The first-order chi connectivity index (χ1) is 8.56. The number of aryl methyl sites for hydroxylation is 1. The average Bonchev–Trinajstić information content (AvgIpc) is 2.34. The molecule has 0 saturated heterocycles. The molecule has 0 spiro atoms. The van der Waals surface area contributed by atoms with Gasteiger partial charge < -0.3 is 11.1 Å². The molecule has 0 aliphatic carbocycles. The maximum atomic E-state index is 13.3. The third-order valence-electron chi connectivity index (χ3n) is 2.43. The molecule has 0 atom stereocenters. The van der Waals surface area contributed by atoms with E-state index in [1.807, 2.05) is 0 Å². The van der Waals surface area contributed by atoms with Crippen LogP contribution in [0.3, 0.4) is 0 Å². The van der Waals surface area contributed by atoms with E-state index in [-0.39, 0.29) is 17.3 Å². The molecule has 2 aromatic rings. The number of halogens is 1. The lowest BCUT2D eigenvalue weighted by molar-refractivity contribution is 0.102. The molecule has 1 aromatic heterocycles. The summed E-state index contributed by atoms with van der Waals surface area (Å²) in [6, 6.07) is 9.24. The number of rotatable bonds is 2. The number of pyridine rings is 1. The summed E-state index contributed by atoms with van der Waals surface area (Å²) in [7, 11) is 0. The highest BCUT2D eigenvalue weighted by Gasteiger charge is 2.08. The van der Waals surface area contributed by atoms with Gasteiger partial charge in [0, 0.05) is 5.69 Å². The number of carbonyl (C=O) groups is 1. The highest BCUT2D eigenvalue weighted by Crippen LogP contribution is 2.14. The largest absolute Gasteiger partial charge is 0.384 e. The summed E-state index contributed by atoms with van der Waals surface area (Å²) in [5, 5.41) is 2.56. The van der Waals surface area contributed by atoms with Crippen molar-refractivity contribution in [2.75, 3.05) is 11.1 Å². The maximum absolute atomic E-state index is 13.3. The van der Waals surface area contributed by atoms with Crippen LogP contribution in [-0.2, 0) is 0 Å². The van der Waals surface area contributed by atoms with Crippen molar-refractivity contribution in [3.8, 4) is 0 Å². The predicted molar refractivity (Wildman–Crippen MR) is 67.7 cm³/mol. The van der Waals surface area contributed by atoms with Crippen LogP contribution in [0, 0.1) is 12.7 Å². The third-order valence-corrected chi connectivity index (χ3v) is 2.43. The van der Waals surface area contributed by atoms with Crippen LogP contribution in [0.1, 0.15) is 16.1 Å². The molecule has 0 aliphatic rings. The molecular weight excluding hydrogens is 233 g/mol. The number of nitrogen functional groups attached to an aromatic ring is 1. The van der Waals surface area contributed by atoms with Crippen LogP contribution in [-0.4, -0.2) is 10.9 Å². The normalized spacial score (nSPS) is 10.1. The third kappa shape index (κ3) is 2.63. The first-order valence-corrected chi connectivity index (χ1v) is 5.36. The van der Waals surface area contributed by atoms with Gasteiger partial charge in [0.05, 0.1) is 0 Å². The molecule has 0 fully saturated rings. The molecule has 4 nitrogen and oxygen atoms in total. The number of hydrogen-bond donors (Lipinski definition) is 2. The molecule has 0 saturated carbocycles. The number of benzene rings is 1. The van der Waals surface area contributed by atoms with E-state index in [1.165, 1.54) is 12.1 Å². The minimum absolute atomic E-state index is 0.191.